The van der Waals surface area contributed by atoms with E-state index in [4.69, 9.17) is 0 Å². The minimum atomic E-state index is -3.43. The molecule has 1 aromatic carbocycles. The van der Waals surface area contributed by atoms with Crippen LogP contribution in [0.1, 0.15) is 18.4 Å². The summed E-state index contributed by atoms with van der Waals surface area (Å²) >= 11 is 0. The zero-order chi connectivity index (χ0) is 13.2. The molecule has 0 bridgehead atoms. The van der Waals surface area contributed by atoms with Gasteiger partial charge in [0.15, 0.2) is 0 Å². The number of halogens is 1. The molecule has 2 N–H and O–H groups in total. The lowest BCUT2D eigenvalue weighted by atomic mass is 10.2. The molecule has 6 heteroatoms. The molecule has 1 fully saturated rings. The van der Waals surface area contributed by atoms with Gasteiger partial charge in [0.25, 0.3) is 0 Å². The summed E-state index contributed by atoms with van der Waals surface area (Å²) in [4.78, 5) is 0. The van der Waals surface area contributed by atoms with E-state index in [2.05, 4.69) is 10.0 Å². The standard InChI is InChI=1S/C12H17FN2O2S/c1-9-2-3-10(13)8-12(9)15-18(16,17)11-4-6-14-7-5-11/h2-3,8,11,14-15H,4-7H2,1H3. The lowest BCUT2D eigenvalue weighted by molar-refractivity contribution is 0.499. The Balaban J connectivity index is 2.18. The molecule has 18 heavy (non-hydrogen) atoms. The Morgan fingerprint density at radius 2 is 2.00 bits per heavy atom. The molecule has 1 aromatic rings. The van der Waals surface area contributed by atoms with Crippen molar-refractivity contribution in [2.75, 3.05) is 17.8 Å². The first-order valence-electron chi connectivity index (χ1n) is 5.97. The molecule has 0 aromatic heterocycles. The van der Waals surface area contributed by atoms with Gasteiger partial charge in [-0.25, -0.2) is 12.8 Å². The molecule has 2 rings (SSSR count). The number of rotatable bonds is 3. The van der Waals surface area contributed by atoms with Crippen LogP contribution in [0.3, 0.4) is 0 Å². The van der Waals surface area contributed by atoms with Crippen molar-refractivity contribution in [1.29, 1.82) is 0 Å². The Bertz CT molecular complexity index is 525. The van der Waals surface area contributed by atoms with Crippen LogP contribution in [0.2, 0.25) is 0 Å². The maximum Gasteiger partial charge on any atom is 0.235 e. The van der Waals surface area contributed by atoms with Crippen molar-refractivity contribution < 1.29 is 12.8 Å². The minimum absolute atomic E-state index is 0.327. The lowest BCUT2D eigenvalue weighted by Crippen LogP contribution is -2.38. The summed E-state index contributed by atoms with van der Waals surface area (Å²) in [5.41, 5.74) is 1.04. The summed E-state index contributed by atoms with van der Waals surface area (Å²) in [6.07, 6.45) is 1.17. The topological polar surface area (TPSA) is 58.2 Å². The van der Waals surface area contributed by atoms with E-state index in [9.17, 15) is 12.8 Å². The Morgan fingerprint density at radius 3 is 2.67 bits per heavy atom. The average molecular weight is 272 g/mol. The number of sulfonamides is 1. The van der Waals surface area contributed by atoms with Crippen LogP contribution in [0.5, 0.6) is 0 Å². The van der Waals surface area contributed by atoms with Gasteiger partial charge in [-0.05, 0) is 50.6 Å². The molecule has 0 atom stereocenters. The van der Waals surface area contributed by atoms with Crippen LogP contribution in [0.15, 0.2) is 18.2 Å². The summed E-state index contributed by atoms with van der Waals surface area (Å²) in [6, 6.07) is 4.10. The predicted octanol–water partition coefficient (Wildman–Crippen LogP) is 1.63. The molecular weight excluding hydrogens is 255 g/mol. The largest absolute Gasteiger partial charge is 0.317 e. The van der Waals surface area contributed by atoms with Gasteiger partial charge in [0, 0.05) is 0 Å². The Kier molecular flexibility index (Phi) is 3.87. The van der Waals surface area contributed by atoms with E-state index in [1.165, 1.54) is 12.1 Å². The first kappa shape index (κ1) is 13.3. The van der Waals surface area contributed by atoms with Gasteiger partial charge in [-0.2, -0.15) is 0 Å². The van der Waals surface area contributed by atoms with Crippen molar-refractivity contribution in [3.8, 4) is 0 Å². The van der Waals surface area contributed by atoms with E-state index in [0.29, 0.717) is 37.2 Å². The zero-order valence-electron chi connectivity index (χ0n) is 10.2. The Labute approximate surface area is 107 Å². The number of aryl methyl sites for hydroxylation is 1. The highest BCUT2D eigenvalue weighted by atomic mass is 32.2. The molecular formula is C12H17FN2O2S. The highest BCUT2D eigenvalue weighted by Crippen LogP contribution is 2.21. The first-order chi connectivity index (χ1) is 8.49. The number of nitrogens with one attached hydrogen (secondary N) is 2. The molecule has 0 unspecified atom stereocenters. The quantitative estimate of drug-likeness (QED) is 0.879. The van der Waals surface area contributed by atoms with Crippen molar-refractivity contribution in [2.24, 2.45) is 0 Å². The smallest absolute Gasteiger partial charge is 0.235 e. The maximum atomic E-state index is 13.1. The number of piperidine rings is 1. The third-order valence-electron chi connectivity index (χ3n) is 3.18. The Hall–Kier alpha value is -1.14. The third kappa shape index (κ3) is 3.00. The van der Waals surface area contributed by atoms with Crippen molar-refractivity contribution in [3.63, 3.8) is 0 Å². The summed E-state index contributed by atoms with van der Waals surface area (Å²) in [5.74, 6) is -0.441. The van der Waals surface area contributed by atoms with Gasteiger partial charge in [0.2, 0.25) is 10.0 Å². The maximum absolute atomic E-state index is 13.1. The first-order valence-corrected chi connectivity index (χ1v) is 7.52. The van der Waals surface area contributed by atoms with E-state index < -0.39 is 21.1 Å². The van der Waals surface area contributed by atoms with Crippen LogP contribution in [0, 0.1) is 12.7 Å². The summed E-state index contributed by atoms with van der Waals surface area (Å²) in [5, 5.41) is 2.72. The van der Waals surface area contributed by atoms with Crippen LogP contribution in [0.25, 0.3) is 0 Å². The molecule has 4 nitrogen and oxygen atoms in total. The second-order valence-electron chi connectivity index (χ2n) is 4.56. The van der Waals surface area contributed by atoms with Gasteiger partial charge in [0.1, 0.15) is 5.82 Å². The number of hydrogen-bond donors (Lipinski definition) is 2. The fraction of sp³-hybridized carbons (Fsp3) is 0.500. The summed E-state index contributed by atoms with van der Waals surface area (Å²) < 4.78 is 39.9. The zero-order valence-corrected chi connectivity index (χ0v) is 11.1. The van der Waals surface area contributed by atoms with Gasteiger partial charge >= 0.3 is 0 Å². The predicted molar refractivity (Wildman–Crippen MR) is 69.6 cm³/mol. The van der Waals surface area contributed by atoms with Gasteiger partial charge in [-0.1, -0.05) is 6.07 Å². The SMILES string of the molecule is Cc1ccc(F)cc1NS(=O)(=O)C1CCNCC1. The van der Waals surface area contributed by atoms with E-state index in [1.807, 2.05) is 0 Å². The van der Waals surface area contributed by atoms with Crippen molar-refractivity contribution in [1.82, 2.24) is 5.32 Å². The highest BCUT2D eigenvalue weighted by Gasteiger charge is 2.27. The molecule has 100 valence electrons. The lowest BCUT2D eigenvalue weighted by Gasteiger charge is -2.23. The third-order valence-corrected chi connectivity index (χ3v) is 5.03. The van der Waals surface area contributed by atoms with Crippen LogP contribution in [0.4, 0.5) is 10.1 Å². The molecule has 1 heterocycles. The van der Waals surface area contributed by atoms with E-state index in [-0.39, 0.29) is 0 Å². The van der Waals surface area contributed by atoms with Crippen LogP contribution in [-0.2, 0) is 10.0 Å². The van der Waals surface area contributed by atoms with Gasteiger partial charge in [-0.15, -0.1) is 0 Å². The van der Waals surface area contributed by atoms with Crippen LogP contribution >= 0.6 is 0 Å². The average Bonchev–Trinajstić information content (AvgIpc) is 2.35. The Morgan fingerprint density at radius 1 is 1.33 bits per heavy atom. The van der Waals surface area contributed by atoms with E-state index in [0.717, 1.165) is 0 Å². The van der Waals surface area contributed by atoms with Crippen molar-refractivity contribution in [2.45, 2.75) is 25.0 Å². The van der Waals surface area contributed by atoms with Gasteiger partial charge < -0.3 is 5.32 Å². The minimum Gasteiger partial charge on any atom is -0.317 e. The van der Waals surface area contributed by atoms with Crippen molar-refractivity contribution >= 4 is 15.7 Å². The van der Waals surface area contributed by atoms with E-state index in [1.54, 1.807) is 13.0 Å². The van der Waals surface area contributed by atoms with Crippen LogP contribution < -0.4 is 10.0 Å². The molecule has 0 radical (unpaired) electrons. The fourth-order valence-electron chi connectivity index (χ4n) is 2.05. The molecule has 1 saturated heterocycles. The second kappa shape index (κ2) is 5.24. The molecule has 1 aliphatic rings. The summed E-state index contributed by atoms with van der Waals surface area (Å²) in [6.45, 7) is 3.15. The molecule has 0 amide bonds. The monoisotopic (exact) mass is 272 g/mol. The van der Waals surface area contributed by atoms with E-state index >= 15 is 0 Å². The highest BCUT2D eigenvalue weighted by molar-refractivity contribution is 7.93. The van der Waals surface area contributed by atoms with Crippen LogP contribution in [-0.4, -0.2) is 26.8 Å². The second-order valence-corrected chi connectivity index (χ2v) is 6.52. The number of anilines is 1. The molecule has 0 spiro atoms. The van der Waals surface area contributed by atoms with Crippen molar-refractivity contribution in [3.05, 3.63) is 29.6 Å². The summed E-state index contributed by atoms with van der Waals surface area (Å²) in [7, 11) is -3.43. The normalized spacial score (nSPS) is 17.7. The fourth-order valence-corrected chi connectivity index (χ4v) is 3.60. The number of benzene rings is 1. The molecule has 1 aliphatic heterocycles. The van der Waals surface area contributed by atoms with Gasteiger partial charge in [-0.3, -0.25) is 4.72 Å². The van der Waals surface area contributed by atoms with Gasteiger partial charge in [0.05, 0.1) is 10.9 Å². The molecule has 0 saturated carbocycles. The molecule has 0 aliphatic carbocycles. The number of hydrogen-bond acceptors (Lipinski definition) is 3.